The maximum absolute atomic E-state index is 12.5. The number of rotatable bonds is 4. The van der Waals surface area contributed by atoms with Gasteiger partial charge in [-0.15, -0.1) is 0 Å². The molecule has 2 saturated heterocycles. The van der Waals surface area contributed by atoms with Crippen molar-refractivity contribution in [3.05, 3.63) is 39.9 Å². The van der Waals surface area contributed by atoms with E-state index in [9.17, 15) is 14.4 Å². The highest BCUT2D eigenvalue weighted by atomic mass is 35.5. The van der Waals surface area contributed by atoms with Crippen molar-refractivity contribution in [2.45, 2.75) is 25.7 Å². The van der Waals surface area contributed by atoms with Crippen LogP contribution >= 0.6 is 23.2 Å². The van der Waals surface area contributed by atoms with Gasteiger partial charge in [-0.2, -0.15) is 0 Å². The molecule has 0 aliphatic carbocycles. The second kappa shape index (κ2) is 10.1. The van der Waals surface area contributed by atoms with E-state index in [0.29, 0.717) is 29.7 Å². The van der Waals surface area contributed by atoms with Gasteiger partial charge >= 0.3 is 0 Å². The summed E-state index contributed by atoms with van der Waals surface area (Å²) in [7, 11) is 0. The number of hydrogen-bond acceptors (Lipinski definition) is 3. The highest BCUT2D eigenvalue weighted by molar-refractivity contribution is 6.42. The van der Waals surface area contributed by atoms with Crippen LogP contribution in [-0.2, 0) is 14.4 Å². The van der Waals surface area contributed by atoms with Crippen LogP contribution in [0.25, 0.3) is 6.08 Å². The van der Waals surface area contributed by atoms with Gasteiger partial charge in [0.25, 0.3) is 0 Å². The van der Waals surface area contributed by atoms with Crippen LogP contribution < -0.4 is 0 Å². The molecule has 2 fully saturated rings. The topological polar surface area (TPSA) is 60.9 Å². The van der Waals surface area contributed by atoms with Crippen molar-refractivity contribution in [3.8, 4) is 0 Å². The third-order valence-electron chi connectivity index (χ3n) is 5.30. The minimum Gasteiger partial charge on any atom is -0.341 e. The number of amides is 3. The van der Waals surface area contributed by atoms with Gasteiger partial charge in [0.1, 0.15) is 0 Å². The van der Waals surface area contributed by atoms with Gasteiger partial charge in [-0.3, -0.25) is 14.4 Å². The lowest BCUT2D eigenvalue weighted by Crippen LogP contribution is -2.45. The summed E-state index contributed by atoms with van der Waals surface area (Å²) in [6.07, 6.45) is 6.56. The third-order valence-corrected chi connectivity index (χ3v) is 6.04. The van der Waals surface area contributed by atoms with Gasteiger partial charge in [-0.1, -0.05) is 29.3 Å². The zero-order valence-electron chi connectivity index (χ0n) is 16.3. The molecular formula is C21H25Cl2N3O3. The Morgan fingerprint density at radius 2 is 1.69 bits per heavy atom. The first kappa shape index (κ1) is 21.7. The fourth-order valence-corrected chi connectivity index (χ4v) is 3.86. The molecule has 0 atom stereocenters. The lowest BCUT2D eigenvalue weighted by atomic mass is 10.1. The molecule has 8 heteroatoms. The molecule has 0 spiro atoms. The summed E-state index contributed by atoms with van der Waals surface area (Å²) in [6, 6.07) is 5.14. The fraction of sp³-hybridized carbons (Fsp3) is 0.476. The Kier molecular flexibility index (Phi) is 7.56. The highest BCUT2D eigenvalue weighted by Gasteiger charge is 2.26. The normalized spacial score (nSPS) is 18.3. The van der Waals surface area contributed by atoms with Crippen LogP contribution in [0, 0.1) is 0 Å². The average Bonchev–Trinajstić information content (AvgIpc) is 2.91. The van der Waals surface area contributed by atoms with E-state index in [1.807, 2.05) is 4.90 Å². The van der Waals surface area contributed by atoms with E-state index in [4.69, 9.17) is 23.2 Å². The van der Waals surface area contributed by atoms with E-state index in [1.54, 1.807) is 34.1 Å². The second-order valence-electron chi connectivity index (χ2n) is 7.34. The Balaban J connectivity index is 1.55. The van der Waals surface area contributed by atoms with Crippen molar-refractivity contribution in [2.24, 2.45) is 0 Å². The summed E-state index contributed by atoms with van der Waals surface area (Å²) in [4.78, 5) is 42.5. The number of carbonyl (C=O) groups is 3. The van der Waals surface area contributed by atoms with Crippen molar-refractivity contribution < 1.29 is 14.4 Å². The first-order chi connectivity index (χ1) is 13.9. The number of benzene rings is 1. The lowest BCUT2D eigenvalue weighted by Gasteiger charge is -2.29. The number of carbonyl (C=O) groups excluding carboxylic acids is 3. The Morgan fingerprint density at radius 3 is 2.41 bits per heavy atom. The smallest absolute Gasteiger partial charge is 0.246 e. The highest BCUT2D eigenvalue weighted by Crippen LogP contribution is 2.23. The molecule has 1 aromatic carbocycles. The summed E-state index contributed by atoms with van der Waals surface area (Å²) in [6.45, 7) is 2.75. The van der Waals surface area contributed by atoms with Crippen LogP contribution in [0.5, 0.6) is 0 Å². The van der Waals surface area contributed by atoms with Gasteiger partial charge in [0.05, 0.1) is 16.6 Å². The predicted molar refractivity (Wildman–Crippen MR) is 114 cm³/mol. The molecule has 0 unspecified atom stereocenters. The molecule has 2 heterocycles. The maximum Gasteiger partial charge on any atom is 0.246 e. The van der Waals surface area contributed by atoms with E-state index >= 15 is 0 Å². The van der Waals surface area contributed by atoms with Crippen LogP contribution in [0.1, 0.15) is 31.2 Å². The minimum atomic E-state index is -0.173. The SMILES string of the molecule is O=C(/C=C/c1ccc(Cl)c(Cl)c1)N1CCC(=O)N(CC(=O)N2CCCCC2)CC1. The van der Waals surface area contributed by atoms with Crippen LogP contribution in [0.15, 0.2) is 24.3 Å². The third kappa shape index (κ3) is 5.97. The van der Waals surface area contributed by atoms with Crippen molar-refractivity contribution >= 4 is 47.0 Å². The van der Waals surface area contributed by atoms with Gasteiger partial charge in [-0.25, -0.2) is 0 Å². The van der Waals surface area contributed by atoms with Crippen molar-refractivity contribution in [3.63, 3.8) is 0 Å². The molecule has 1 aromatic rings. The second-order valence-corrected chi connectivity index (χ2v) is 8.15. The monoisotopic (exact) mass is 437 g/mol. The lowest BCUT2D eigenvalue weighted by molar-refractivity contribution is -0.140. The van der Waals surface area contributed by atoms with Gasteiger partial charge in [0.15, 0.2) is 0 Å². The van der Waals surface area contributed by atoms with Crippen LogP contribution in [0.4, 0.5) is 0 Å². The maximum atomic E-state index is 12.5. The molecule has 2 aliphatic heterocycles. The van der Waals surface area contributed by atoms with E-state index < -0.39 is 0 Å². The Bertz CT molecular complexity index is 806. The summed E-state index contributed by atoms with van der Waals surface area (Å²) >= 11 is 11.9. The molecule has 0 aromatic heterocycles. The summed E-state index contributed by atoms with van der Waals surface area (Å²) in [5.41, 5.74) is 0.771. The van der Waals surface area contributed by atoms with Crippen molar-refractivity contribution in [1.82, 2.24) is 14.7 Å². The van der Waals surface area contributed by atoms with Crippen LogP contribution in [0.2, 0.25) is 10.0 Å². The summed E-state index contributed by atoms with van der Waals surface area (Å²) < 4.78 is 0. The van der Waals surface area contributed by atoms with Crippen LogP contribution in [-0.4, -0.2) is 71.7 Å². The molecule has 2 aliphatic rings. The molecule has 0 N–H and O–H groups in total. The van der Waals surface area contributed by atoms with Gasteiger partial charge < -0.3 is 14.7 Å². The molecule has 6 nitrogen and oxygen atoms in total. The van der Waals surface area contributed by atoms with E-state index in [2.05, 4.69) is 0 Å². The molecule has 0 saturated carbocycles. The van der Waals surface area contributed by atoms with Crippen molar-refractivity contribution in [2.75, 3.05) is 39.3 Å². The van der Waals surface area contributed by atoms with E-state index in [1.165, 1.54) is 6.08 Å². The number of hydrogen-bond donors (Lipinski definition) is 0. The molecule has 3 rings (SSSR count). The first-order valence-electron chi connectivity index (χ1n) is 9.91. The first-order valence-corrected chi connectivity index (χ1v) is 10.7. The van der Waals surface area contributed by atoms with Crippen molar-refractivity contribution in [1.29, 1.82) is 0 Å². The number of likely N-dealkylation sites (tertiary alicyclic amines) is 1. The molecule has 0 radical (unpaired) electrons. The van der Waals surface area contributed by atoms with Crippen LogP contribution in [0.3, 0.4) is 0 Å². The standard InChI is InChI=1S/C21H25Cl2N3O3/c22-17-6-4-16(14-18(17)23)5-7-19(27)25-11-8-20(28)26(13-12-25)15-21(29)24-9-2-1-3-10-24/h4-7,14H,1-3,8-13,15H2/b7-5+. The summed E-state index contributed by atoms with van der Waals surface area (Å²) in [5, 5.41) is 0.885. The molecular weight excluding hydrogens is 413 g/mol. The zero-order chi connectivity index (χ0) is 20.8. The number of piperidine rings is 1. The summed E-state index contributed by atoms with van der Waals surface area (Å²) in [5.74, 6) is -0.260. The quantitative estimate of drug-likeness (QED) is 0.679. The number of halogens is 2. The number of nitrogens with zero attached hydrogens (tertiary/aromatic N) is 3. The van der Waals surface area contributed by atoms with E-state index in [-0.39, 0.29) is 30.7 Å². The minimum absolute atomic E-state index is 0.00246. The predicted octanol–water partition coefficient (Wildman–Crippen LogP) is 3.08. The molecule has 0 bridgehead atoms. The molecule has 3 amide bonds. The van der Waals surface area contributed by atoms with Gasteiger partial charge in [-0.05, 0) is 43.0 Å². The fourth-order valence-electron chi connectivity index (χ4n) is 3.55. The Morgan fingerprint density at radius 1 is 0.931 bits per heavy atom. The van der Waals surface area contributed by atoms with Gasteiger partial charge in [0, 0.05) is 45.2 Å². The zero-order valence-corrected chi connectivity index (χ0v) is 17.8. The Hall–Kier alpha value is -2.05. The average molecular weight is 438 g/mol. The van der Waals surface area contributed by atoms with Gasteiger partial charge in [0.2, 0.25) is 17.7 Å². The molecule has 156 valence electrons. The molecule has 29 heavy (non-hydrogen) atoms. The Labute approximate surface area is 181 Å². The van der Waals surface area contributed by atoms with E-state index in [0.717, 1.165) is 37.9 Å². The largest absolute Gasteiger partial charge is 0.341 e.